The summed E-state index contributed by atoms with van der Waals surface area (Å²) in [5, 5.41) is 3.61. The summed E-state index contributed by atoms with van der Waals surface area (Å²) < 4.78 is 5.36. The lowest BCUT2D eigenvalue weighted by molar-refractivity contribution is 0.0776. The Hall–Kier alpha value is -0.860. The van der Waals surface area contributed by atoms with E-state index in [-0.39, 0.29) is 0 Å². The molecule has 2 rings (SSSR count). The molecule has 0 spiro atoms. The van der Waals surface area contributed by atoms with Gasteiger partial charge in [0.15, 0.2) is 0 Å². The van der Waals surface area contributed by atoms with Gasteiger partial charge < -0.3 is 10.1 Å². The molecule has 0 saturated carbocycles. The maximum atomic E-state index is 5.36. The lowest BCUT2D eigenvalue weighted by Gasteiger charge is -2.23. The molecule has 1 aliphatic heterocycles. The van der Waals surface area contributed by atoms with E-state index in [2.05, 4.69) is 43.4 Å². The smallest absolute Gasteiger partial charge is 0.0480 e. The highest BCUT2D eigenvalue weighted by molar-refractivity contribution is 5.32. The van der Waals surface area contributed by atoms with Gasteiger partial charge in [-0.3, -0.25) is 0 Å². The van der Waals surface area contributed by atoms with Crippen LogP contribution in [0.15, 0.2) is 24.3 Å². The summed E-state index contributed by atoms with van der Waals surface area (Å²) in [5.41, 5.74) is 2.71. The third kappa shape index (κ3) is 3.83. The van der Waals surface area contributed by atoms with E-state index < -0.39 is 0 Å². The Labute approximate surface area is 104 Å². The highest BCUT2D eigenvalue weighted by atomic mass is 16.5. The minimum absolute atomic E-state index is 0.624. The normalized spacial score (nSPS) is 17.6. The molecular weight excluding hydrogens is 210 g/mol. The van der Waals surface area contributed by atoms with Crippen molar-refractivity contribution in [3.63, 3.8) is 0 Å². The van der Waals surface area contributed by atoms with Crippen molar-refractivity contribution in [1.29, 1.82) is 0 Å². The van der Waals surface area contributed by atoms with Crippen molar-refractivity contribution >= 4 is 0 Å². The average Bonchev–Trinajstić information content (AvgIpc) is 2.38. The average molecular weight is 232 g/mol. The van der Waals surface area contributed by atoms with Gasteiger partial charge in [0.2, 0.25) is 0 Å². The Morgan fingerprint density at radius 3 is 2.76 bits per heavy atom. The van der Waals surface area contributed by atoms with Crippen LogP contribution in [0.2, 0.25) is 0 Å². The fraction of sp³-hybridized carbons (Fsp3) is 0.533. The lowest BCUT2D eigenvalue weighted by atomic mass is 10.0. The van der Waals surface area contributed by atoms with Crippen LogP contribution in [0.5, 0.6) is 0 Å². The molecule has 2 heteroatoms. The van der Waals surface area contributed by atoms with E-state index in [1.165, 1.54) is 17.0 Å². The second kappa shape index (κ2) is 6.18. The summed E-state index contributed by atoms with van der Waals surface area (Å²) in [4.78, 5) is 0. The molecule has 1 fully saturated rings. The third-order valence-corrected chi connectivity index (χ3v) is 3.32. The minimum Gasteiger partial charge on any atom is -0.381 e. The minimum atomic E-state index is 0.624. The van der Waals surface area contributed by atoms with Crippen molar-refractivity contribution in [2.45, 2.75) is 39.3 Å². The van der Waals surface area contributed by atoms with Gasteiger partial charge in [0.05, 0.1) is 0 Å². The zero-order valence-electron chi connectivity index (χ0n) is 10.8. The van der Waals surface area contributed by atoms with Crippen LogP contribution < -0.4 is 5.32 Å². The summed E-state index contributed by atoms with van der Waals surface area (Å²) in [6, 6.07) is 9.41. The lowest BCUT2D eigenvalue weighted by Crippen LogP contribution is -2.34. The van der Waals surface area contributed by atoms with Crippen LogP contribution in [-0.2, 0) is 11.3 Å². The largest absolute Gasteiger partial charge is 0.381 e. The molecule has 1 saturated heterocycles. The van der Waals surface area contributed by atoms with Crippen molar-refractivity contribution in [2.24, 2.45) is 0 Å². The van der Waals surface area contributed by atoms with Crippen LogP contribution in [0.25, 0.3) is 0 Å². The number of benzene rings is 1. The molecule has 0 aromatic heterocycles. The first kappa shape index (κ1) is 12.6. The van der Waals surface area contributed by atoms with E-state index in [1.54, 1.807) is 0 Å². The molecule has 0 atom stereocenters. The molecule has 1 radical (unpaired) electrons. The van der Waals surface area contributed by atoms with E-state index >= 15 is 0 Å². The van der Waals surface area contributed by atoms with E-state index in [1.807, 2.05) is 0 Å². The first-order valence-electron chi connectivity index (χ1n) is 6.46. The monoisotopic (exact) mass is 232 g/mol. The van der Waals surface area contributed by atoms with Crippen molar-refractivity contribution in [2.75, 3.05) is 13.2 Å². The van der Waals surface area contributed by atoms with Crippen LogP contribution in [0.1, 0.15) is 37.8 Å². The first-order chi connectivity index (χ1) is 8.25. The van der Waals surface area contributed by atoms with Gasteiger partial charge in [0, 0.05) is 25.8 Å². The second-order valence-electron chi connectivity index (χ2n) is 4.97. The van der Waals surface area contributed by atoms with Crippen molar-refractivity contribution in [3.05, 3.63) is 41.3 Å². The van der Waals surface area contributed by atoms with Crippen LogP contribution >= 0.6 is 0 Å². The van der Waals surface area contributed by atoms with Gasteiger partial charge in [-0.2, -0.15) is 0 Å². The van der Waals surface area contributed by atoms with E-state index in [4.69, 9.17) is 4.74 Å². The number of ether oxygens (including phenoxy) is 1. The maximum Gasteiger partial charge on any atom is 0.0480 e. The summed E-state index contributed by atoms with van der Waals surface area (Å²) in [7, 11) is 0. The van der Waals surface area contributed by atoms with Crippen LogP contribution in [0, 0.1) is 5.92 Å². The highest BCUT2D eigenvalue weighted by Gasteiger charge is 2.12. The van der Waals surface area contributed by atoms with Gasteiger partial charge in [0.1, 0.15) is 0 Å². The summed E-state index contributed by atoms with van der Waals surface area (Å²) >= 11 is 0. The Kier molecular flexibility index (Phi) is 4.57. The van der Waals surface area contributed by atoms with Gasteiger partial charge in [-0.25, -0.2) is 0 Å². The Morgan fingerprint density at radius 1 is 1.29 bits per heavy atom. The molecule has 1 aromatic rings. The Morgan fingerprint density at radius 2 is 2.06 bits per heavy atom. The van der Waals surface area contributed by atoms with Crippen LogP contribution in [0.4, 0.5) is 0 Å². The fourth-order valence-corrected chi connectivity index (χ4v) is 2.16. The second-order valence-corrected chi connectivity index (χ2v) is 4.97. The zero-order chi connectivity index (χ0) is 12.1. The summed E-state index contributed by atoms with van der Waals surface area (Å²) in [5.74, 6) is 1.37. The Balaban J connectivity index is 1.87. The molecule has 17 heavy (non-hydrogen) atoms. The van der Waals surface area contributed by atoms with Gasteiger partial charge in [-0.1, -0.05) is 38.1 Å². The van der Waals surface area contributed by atoms with Gasteiger partial charge in [0.25, 0.3) is 0 Å². The van der Waals surface area contributed by atoms with Crippen molar-refractivity contribution in [1.82, 2.24) is 5.32 Å². The molecule has 0 aliphatic carbocycles. The molecule has 1 N–H and O–H groups in total. The molecule has 2 nitrogen and oxygen atoms in total. The Bertz CT molecular complexity index is 343. The number of rotatable bonds is 4. The van der Waals surface area contributed by atoms with Crippen LogP contribution in [0.3, 0.4) is 0 Å². The fourth-order valence-electron chi connectivity index (χ4n) is 2.16. The van der Waals surface area contributed by atoms with Crippen molar-refractivity contribution in [3.8, 4) is 0 Å². The maximum absolute atomic E-state index is 5.36. The SMILES string of the molecule is C[C](C)c1cccc(CNC2CCOCC2)c1. The van der Waals surface area contributed by atoms with Gasteiger partial charge in [-0.05, 0) is 29.9 Å². The van der Waals surface area contributed by atoms with Crippen molar-refractivity contribution < 1.29 is 4.74 Å². The number of hydrogen-bond acceptors (Lipinski definition) is 2. The summed E-state index contributed by atoms with van der Waals surface area (Å²) in [6.45, 7) is 7.08. The molecule has 0 amide bonds. The molecule has 1 aromatic carbocycles. The number of nitrogens with one attached hydrogen (secondary N) is 1. The topological polar surface area (TPSA) is 21.3 Å². The van der Waals surface area contributed by atoms with Crippen LogP contribution in [-0.4, -0.2) is 19.3 Å². The zero-order valence-corrected chi connectivity index (χ0v) is 10.8. The van der Waals surface area contributed by atoms with E-state index in [0.717, 1.165) is 32.6 Å². The number of hydrogen-bond donors (Lipinski definition) is 1. The van der Waals surface area contributed by atoms with Gasteiger partial charge >= 0.3 is 0 Å². The molecule has 0 bridgehead atoms. The first-order valence-corrected chi connectivity index (χ1v) is 6.46. The predicted molar refractivity (Wildman–Crippen MR) is 70.8 cm³/mol. The molecular formula is C15H22NO. The van der Waals surface area contributed by atoms with E-state index in [0.29, 0.717) is 6.04 Å². The highest BCUT2D eigenvalue weighted by Crippen LogP contribution is 2.15. The molecule has 1 aliphatic rings. The molecule has 1 heterocycles. The predicted octanol–water partition coefficient (Wildman–Crippen LogP) is 2.92. The summed E-state index contributed by atoms with van der Waals surface area (Å²) in [6.07, 6.45) is 2.28. The molecule has 0 unspecified atom stereocenters. The molecule has 93 valence electrons. The quantitative estimate of drug-likeness (QED) is 0.862. The standard InChI is InChI=1S/C15H22NO/c1-12(2)14-5-3-4-13(10-14)11-16-15-6-8-17-9-7-15/h3-5,10,15-16H,6-9,11H2,1-2H3. The van der Waals surface area contributed by atoms with E-state index in [9.17, 15) is 0 Å². The third-order valence-electron chi connectivity index (χ3n) is 3.32. The van der Waals surface area contributed by atoms with Gasteiger partial charge in [-0.15, -0.1) is 0 Å².